The highest BCUT2D eigenvalue weighted by molar-refractivity contribution is 6.35. The normalized spacial score (nSPS) is 10.3. The third-order valence-electron chi connectivity index (χ3n) is 3.35. The molecule has 0 bridgehead atoms. The summed E-state index contributed by atoms with van der Waals surface area (Å²) in [4.78, 5) is 20.6. The molecule has 0 aliphatic heterocycles. The minimum absolute atomic E-state index is 0.164. The van der Waals surface area contributed by atoms with E-state index in [1.807, 2.05) is 24.3 Å². The number of hydrogen-bond acceptors (Lipinski definition) is 5. The van der Waals surface area contributed by atoms with E-state index in [0.29, 0.717) is 21.6 Å². The van der Waals surface area contributed by atoms with E-state index in [2.05, 4.69) is 20.6 Å². The monoisotopic (exact) mass is 388 g/mol. The van der Waals surface area contributed by atoms with Crippen molar-refractivity contribution in [2.45, 2.75) is 0 Å². The summed E-state index contributed by atoms with van der Waals surface area (Å²) in [5, 5.41) is 6.62. The van der Waals surface area contributed by atoms with Gasteiger partial charge in [0.15, 0.2) is 0 Å². The number of nitrogens with zero attached hydrogens (tertiary/aromatic N) is 2. The molecule has 2 N–H and O–H groups in total. The summed E-state index contributed by atoms with van der Waals surface area (Å²) < 4.78 is 5.17. The SMILES string of the molecule is COc1cccc(Nc2cnc(C(=O)Nc3cc(Cl)cc(Cl)c3)cn2)c1. The third kappa shape index (κ3) is 4.62. The fourth-order valence-electron chi connectivity index (χ4n) is 2.18. The fourth-order valence-corrected chi connectivity index (χ4v) is 2.71. The Kier molecular flexibility index (Phi) is 5.55. The lowest BCUT2D eigenvalue weighted by Crippen LogP contribution is -2.14. The molecule has 2 aromatic carbocycles. The molecule has 0 spiro atoms. The van der Waals surface area contributed by atoms with Crippen LogP contribution in [-0.2, 0) is 0 Å². The van der Waals surface area contributed by atoms with Crippen LogP contribution in [0.3, 0.4) is 0 Å². The number of rotatable bonds is 5. The van der Waals surface area contributed by atoms with Crippen molar-refractivity contribution < 1.29 is 9.53 Å². The molecule has 3 aromatic rings. The average molecular weight is 389 g/mol. The quantitative estimate of drug-likeness (QED) is 0.656. The molecule has 1 heterocycles. The van der Waals surface area contributed by atoms with Crippen LogP contribution in [0.15, 0.2) is 54.9 Å². The Labute approximate surface area is 160 Å². The zero-order valence-electron chi connectivity index (χ0n) is 13.7. The van der Waals surface area contributed by atoms with E-state index >= 15 is 0 Å². The molecule has 3 rings (SSSR count). The highest BCUT2D eigenvalue weighted by atomic mass is 35.5. The van der Waals surface area contributed by atoms with Gasteiger partial charge in [0, 0.05) is 27.5 Å². The molecular weight excluding hydrogens is 375 g/mol. The van der Waals surface area contributed by atoms with Crippen molar-refractivity contribution in [3.05, 3.63) is 70.6 Å². The molecule has 1 amide bonds. The van der Waals surface area contributed by atoms with Crippen LogP contribution < -0.4 is 15.4 Å². The Hall–Kier alpha value is -2.83. The van der Waals surface area contributed by atoms with Crippen LogP contribution in [0.4, 0.5) is 17.2 Å². The maximum absolute atomic E-state index is 12.3. The Morgan fingerprint density at radius 2 is 1.77 bits per heavy atom. The van der Waals surface area contributed by atoms with Crippen molar-refractivity contribution in [2.75, 3.05) is 17.7 Å². The highest BCUT2D eigenvalue weighted by Crippen LogP contribution is 2.23. The molecule has 0 fully saturated rings. The summed E-state index contributed by atoms with van der Waals surface area (Å²) in [5.41, 5.74) is 1.44. The van der Waals surface area contributed by atoms with Crippen molar-refractivity contribution >= 4 is 46.3 Å². The van der Waals surface area contributed by atoms with Crippen LogP contribution in [0.1, 0.15) is 10.5 Å². The van der Waals surface area contributed by atoms with Gasteiger partial charge < -0.3 is 15.4 Å². The number of ether oxygens (including phenoxy) is 1. The average Bonchev–Trinajstić information content (AvgIpc) is 2.61. The first-order valence-corrected chi connectivity index (χ1v) is 8.29. The summed E-state index contributed by atoms with van der Waals surface area (Å²) in [5.74, 6) is 0.809. The number of carbonyl (C=O) groups excluding carboxylic acids is 1. The topological polar surface area (TPSA) is 76.1 Å². The van der Waals surface area contributed by atoms with Crippen LogP contribution in [-0.4, -0.2) is 23.0 Å². The van der Waals surface area contributed by atoms with Gasteiger partial charge in [-0.15, -0.1) is 0 Å². The first kappa shape index (κ1) is 18.0. The zero-order chi connectivity index (χ0) is 18.5. The lowest BCUT2D eigenvalue weighted by Gasteiger charge is -2.08. The molecule has 0 unspecified atom stereocenters. The maximum Gasteiger partial charge on any atom is 0.275 e. The van der Waals surface area contributed by atoms with Gasteiger partial charge in [0.05, 0.1) is 19.5 Å². The van der Waals surface area contributed by atoms with Crippen LogP contribution in [0.25, 0.3) is 0 Å². The van der Waals surface area contributed by atoms with Gasteiger partial charge in [0.1, 0.15) is 17.3 Å². The number of carbonyl (C=O) groups is 1. The minimum atomic E-state index is -0.413. The number of halogens is 2. The van der Waals surface area contributed by atoms with Gasteiger partial charge in [-0.1, -0.05) is 29.3 Å². The fraction of sp³-hybridized carbons (Fsp3) is 0.0556. The second-order valence-corrected chi connectivity index (χ2v) is 6.13. The smallest absolute Gasteiger partial charge is 0.275 e. The summed E-state index contributed by atoms with van der Waals surface area (Å²) in [6.45, 7) is 0. The van der Waals surface area contributed by atoms with Gasteiger partial charge in [0.25, 0.3) is 5.91 Å². The van der Waals surface area contributed by atoms with Gasteiger partial charge in [-0.05, 0) is 30.3 Å². The summed E-state index contributed by atoms with van der Waals surface area (Å²) in [6, 6.07) is 12.2. The second-order valence-electron chi connectivity index (χ2n) is 5.26. The maximum atomic E-state index is 12.3. The van der Waals surface area contributed by atoms with E-state index in [-0.39, 0.29) is 5.69 Å². The van der Waals surface area contributed by atoms with Crippen molar-refractivity contribution in [1.82, 2.24) is 9.97 Å². The molecule has 0 saturated heterocycles. The van der Waals surface area contributed by atoms with E-state index in [4.69, 9.17) is 27.9 Å². The molecule has 1 aromatic heterocycles. The number of nitrogens with one attached hydrogen (secondary N) is 2. The lowest BCUT2D eigenvalue weighted by atomic mass is 10.3. The molecule has 0 saturated carbocycles. The van der Waals surface area contributed by atoms with Crippen LogP contribution in [0.2, 0.25) is 10.0 Å². The van der Waals surface area contributed by atoms with E-state index in [0.717, 1.165) is 11.4 Å². The largest absolute Gasteiger partial charge is 0.497 e. The summed E-state index contributed by atoms with van der Waals surface area (Å²) >= 11 is 11.8. The van der Waals surface area contributed by atoms with Crippen molar-refractivity contribution in [3.8, 4) is 5.75 Å². The van der Waals surface area contributed by atoms with E-state index in [9.17, 15) is 4.79 Å². The molecular formula is C18H14Cl2N4O2. The molecule has 0 atom stereocenters. The van der Waals surface area contributed by atoms with Gasteiger partial charge in [0.2, 0.25) is 0 Å². The molecule has 0 radical (unpaired) electrons. The number of methoxy groups -OCH3 is 1. The Balaban J connectivity index is 1.69. The molecule has 26 heavy (non-hydrogen) atoms. The van der Waals surface area contributed by atoms with Crippen molar-refractivity contribution in [2.24, 2.45) is 0 Å². The van der Waals surface area contributed by atoms with Crippen LogP contribution in [0, 0.1) is 0 Å². The van der Waals surface area contributed by atoms with E-state index in [1.165, 1.54) is 12.4 Å². The second kappa shape index (κ2) is 8.03. The molecule has 0 aliphatic carbocycles. The standard InChI is InChI=1S/C18H14Cl2N4O2/c1-26-15-4-2-3-13(8-15)23-17-10-21-16(9-22-17)18(25)24-14-6-11(19)5-12(20)7-14/h2-10H,1H3,(H,22,23)(H,24,25). The predicted molar refractivity (Wildman–Crippen MR) is 103 cm³/mol. The number of amides is 1. The number of aromatic nitrogens is 2. The lowest BCUT2D eigenvalue weighted by molar-refractivity contribution is 0.102. The molecule has 8 heteroatoms. The Morgan fingerprint density at radius 3 is 2.42 bits per heavy atom. The summed E-state index contributed by atoms with van der Waals surface area (Å²) in [7, 11) is 1.60. The van der Waals surface area contributed by atoms with Crippen molar-refractivity contribution in [1.29, 1.82) is 0 Å². The van der Waals surface area contributed by atoms with Crippen LogP contribution in [0.5, 0.6) is 5.75 Å². The third-order valence-corrected chi connectivity index (χ3v) is 3.78. The molecule has 6 nitrogen and oxygen atoms in total. The van der Waals surface area contributed by atoms with E-state index in [1.54, 1.807) is 25.3 Å². The molecule has 132 valence electrons. The van der Waals surface area contributed by atoms with Gasteiger partial charge in [-0.3, -0.25) is 4.79 Å². The van der Waals surface area contributed by atoms with Gasteiger partial charge >= 0.3 is 0 Å². The van der Waals surface area contributed by atoms with Crippen LogP contribution >= 0.6 is 23.2 Å². The summed E-state index contributed by atoms with van der Waals surface area (Å²) in [6.07, 6.45) is 2.85. The zero-order valence-corrected chi connectivity index (χ0v) is 15.2. The van der Waals surface area contributed by atoms with E-state index < -0.39 is 5.91 Å². The van der Waals surface area contributed by atoms with Crippen molar-refractivity contribution in [3.63, 3.8) is 0 Å². The Bertz CT molecular complexity index is 912. The minimum Gasteiger partial charge on any atom is -0.497 e. The number of benzene rings is 2. The van der Waals surface area contributed by atoms with Gasteiger partial charge in [-0.2, -0.15) is 0 Å². The Morgan fingerprint density at radius 1 is 1.00 bits per heavy atom. The first-order valence-electron chi connectivity index (χ1n) is 7.54. The first-order chi connectivity index (χ1) is 12.5. The molecule has 0 aliphatic rings. The number of hydrogen-bond donors (Lipinski definition) is 2. The van der Waals surface area contributed by atoms with Gasteiger partial charge in [-0.25, -0.2) is 9.97 Å². The highest BCUT2D eigenvalue weighted by Gasteiger charge is 2.10. The predicted octanol–water partition coefficient (Wildman–Crippen LogP) is 4.79. The number of anilines is 3.